The molecule has 1 fully saturated rings. The number of halogens is 1. The van der Waals surface area contributed by atoms with Crippen molar-refractivity contribution in [1.82, 2.24) is 5.32 Å². The maximum absolute atomic E-state index is 11.5. The van der Waals surface area contributed by atoms with Crippen molar-refractivity contribution >= 4 is 27.1 Å². The number of nitrogen functional groups attached to an aromatic ring is 1. The van der Waals surface area contributed by atoms with Crippen LogP contribution in [0.5, 0.6) is 0 Å². The van der Waals surface area contributed by atoms with Gasteiger partial charge in [-0.25, -0.2) is 8.42 Å². The maximum atomic E-state index is 11.5. The van der Waals surface area contributed by atoms with Crippen LogP contribution in [0, 0.1) is 0 Å². The van der Waals surface area contributed by atoms with Crippen LogP contribution in [0.2, 0.25) is 5.02 Å². The van der Waals surface area contributed by atoms with E-state index in [1.807, 2.05) is 19.1 Å². The van der Waals surface area contributed by atoms with Crippen molar-refractivity contribution < 1.29 is 8.42 Å². The molecule has 1 aliphatic heterocycles. The highest BCUT2D eigenvalue weighted by Crippen LogP contribution is 2.24. The van der Waals surface area contributed by atoms with E-state index in [4.69, 9.17) is 17.3 Å². The molecule has 0 aliphatic carbocycles. The van der Waals surface area contributed by atoms with Gasteiger partial charge < -0.3 is 11.1 Å². The molecule has 0 bridgehead atoms. The Morgan fingerprint density at radius 1 is 1.44 bits per heavy atom. The molecule has 2 rings (SSSR count). The van der Waals surface area contributed by atoms with Crippen LogP contribution in [0.15, 0.2) is 18.2 Å². The summed E-state index contributed by atoms with van der Waals surface area (Å²) < 4.78 is 23.0. The Balaban J connectivity index is 2.04. The summed E-state index contributed by atoms with van der Waals surface area (Å²) in [5.74, 6) is 0.449. The smallest absolute Gasteiger partial charge is 0.152 e. The number of rotatable bonds is 3. The average Bonchev–Trinajstić information content (AvgIpc) is 2.50. The molecule has 3 N–H and O–H groups in total. The van der Waals surface area contributed by atoms with Gasteiger partial charge >= 0.3 is 0 Å². The molecule has 1 atom stereocenters. The lowest BCUT2D eigenvalue weighted by atomic mass is 10.0. The van der Waals surface area contributed by atoms with Gasteiger partial charge in [0, 0.05) is 22.8 Å². The topological polar surface area (TPSA) is 72.2 Å². The molecule has 1 aliphatic rings. The highest BCUT2D eigenvalue weighted by molar-refractivity contribution is 7.91. The van der Waals surface area contributed by atoms with Crippen molar-refractivity contribution in [2.75, 3.05) is 17.2 Å². The van der Waals surface area contributed by atoms with E-state index in [9.17, 15) is 8.42 Å². The van der Waals surface area contributed by atoms with E-state index < -0.39 is 9.84 Å². The quantitative estimate of drug-likeness (QED) is 0.829. The van der Waals surface area contributed by atoms with Gasteiger partial charge in [-0.15, -0.1) is 0 Å². The number of hydrogen-bond donors (Lipinski definition) is 2. The van der Waals surface area contributed by atoms with Crippen molar-refractivity contribution in [3.8, 4) is 0 Å². The fourth-order valence-electron chi connectivity index (χ4n) is 2.24. The standard InChI is InChI=1S/C12H17ClN2O2S/c1-12(2-3-18(16,17)8-12)15-7-9-4-10(13)6-11(14)5-9/h4-6,15H,2-3,7-8,14H2,1H3. The third kappa shape index (κ3) is 3.37. The summed E-state index contributed by atoms with van der Waals surface area (Å²) in [5.41, 5.74) is 6.94. The molecule has 0 aromatic heterocycles. The first-order valence-corrected chi connectivity index (χ1v) is 7.98. The summed E-state index contributed by atoms with van der Waals surface area (Å²) in [4.78, 5) is 0. The van der Waals surface area contributed by atoms with Crippen LogP contribution in [0.1, 0.15) is 18.9 Å². The monoisotopic (exact) mass is 288 g/mol. The Morgan fingerprint density at radius 2 is 2.17 bits per heavy atom. The lowest BCUT2D eigenvalue weighted by Gasteiger charge is -2.24. The van der Waals surface area contributed by atoms with Crippen molar-refractivity contribution in [2.45, 2.75) is 25.4 Å². The third-order valence-electron chi connectivity index (χ3n) is 3.20. The first-order chi connectivity index (χ1) is 8.28. The van der Waals surface area contributed by atoms with Gasteiger partial charge in [-0.2, -0.15) is 0 Å². The first kappa shape index (κ1) is 13.6. The molecule has 1 aromatic carbocycles. The molecule has 0 spiro atoms. The van der Waals surface area contributed by atoms with Gasteiger partial charge in [0.05, 0.1) is 11.5 Å². The number of sulfone groups is 1. The molecule has 6 heteroatoms. The third-order valence-corrected chi connectivity index (χ3v) is 5.32. The molecule has 0 radical (unpaired) electrons. The molecule has 100 valence electrons. The zero-order chi connectivity index (χ0) is 13.4. The Morgan fingerprint density at radius 3 is 2.72 bits per heavy atom. The van der Waals surface area contributed by atoms with E-state index in [-0.39, 0.29) is 17.0 Å². The molecule has 0 amide bonds. The van der Waals surface area contributed by atoms with Crippen LogP contribution in [0.3, 0.4) is 0 Å². The Kier molecular flexibility index (Phi) is 3.58. The van der Waals surface area contributed by atoms with Crippen LogP contribution < -0.4 is 11.1 Å². The summed E-state index contributed by atoms with van der Waals surface area (Å²) in [7, 11) is -2.89. The first-order valence-electron chi connectivity index (χ1n) is 5.78. The zero-order valence-corrected chi connectivity index (χ0v) is 11.8. The lowest BCUT2D eigenvalue weighted by Crippen LogP contribution is -2.42. The molecular weight excluding hydrogens is 272 g/mol. The van der Waals surface area contributed by atoms with Gasteiger partial charge in [-0.3, -0.25) is 0 Å². The van der Waals surface area contributed by atoms with Crippen LogP contribution in [-0.2, 0) is 16.4 Å². The number of nitrogens with two attached hydrogens (primary N) is 1. The molecule has 1 heterocycles. The van der Waals surface area contributed by atoms with Gasteiger partial charge in [0.2, 0.25) is 0 Å². The molecular formula is C12H17ClN2O2S. The van der Waals surface area contributed by atoms with Gasteiger partial charge in [0.15, 0.2) is 9.84 Å². The highest BCUT2D eigenvalue weighted by Gasteiger charge is 2.37. The van der Waals surface area contributed by atoms with Gasteiger partial charge in [0.25, 0.3) is 0 Å². The van der Waals surface area contributed by atoms with E-state index in [1.54, 1.807) is 6.07 Å². The largest absolute Gasteiger partial charge is 0.399 e. The fraction of sp³-hybridized carbons (Fsp3) is 0.500. The second-order valence-electron chi connectivity index (χ2n) is 5.15. The van der Waals surface area contributed by atoms with Crippen molar-refractivity contribution in [3.05, 3.63) is 28.8 Å². The molecule has 18 heavy (non-hydrogen) atoms. The minimum atomic E-state index is -2.89. The van der Waals surface area contributed by atoms with Crippen molar-refractivity contribution in [2.24, 2.45) is 0 Å². The van der Waals surface area contributed by atoms with Crippen molar-refractivity contribution in [3.63, 3.8) is 0 Å². The highest BCUT2D eigenvalue weighted by atomic mass is 35.5. The predicted octanol–water partition coefficient (Wildman–Crippen LogP) is 1.59. The summed E-state index contributed by atoms with van der Waals surface area (Å²) in [6.07, 6.45) is 0.644. The lowest BCUT2D eigenvalue weighted by molar-refractivity contribution is 0.395. The van der Waals surface area contributed by atoms with E-state index in [2.05, 4.69) is 5.32 Å². The second-order valence-corrected chi connectivity index (χ2v) is 7.77. The molecule has 4 nitrogen and oxygen atoms in total. The van der Waals surface area contributed by atoms with E-state index in [0.717, 1.165) is 5.56 Å². The number of anilines is 1. The van der Waals surface area contributed by atoms with Crippen LogP contribution in [0.4, 0.5) is 5.69 Å². The summed E-state index contributed by atoms with van der Waals surface area (Å²) >= 11 is 5.92. The Hall–Kier alpha value is -0.780. The number of hydrogen-bond acceptors (Lipinski definition) is 4. The van der Waals surface area contributed by atoms with E-state index >= 15 is 0 Å². The van der Waals surface area contributed by atoms with Crippen LogP contribution in [0.25, 0.3) is 0 Å². The molecule has 1 aromatic rings. The fourth-order valence-corrected chi connectivity index (χ4v) is 4.63. The Bertz CT molecular complexity index is 539. The molecule has 1 unspecified atom stereocenters. The van der Waals surface area contributed by atoms with Crippen molar-refractivity contribution in [1.29, 1.82) is 0 Å². The SMILES string of the molecule is CC1(NCc2cc(N)cc(Cl)c2)CCS(=O)(=O)C1. The normalized spacial score (nSPS) is 26.3. The minimum absolute atomic E-state index is 0.191. The maximum Gasteiger partial charge on any atom is 0.152 e. The van der Waals surface area contributed by atoms with Crippen LogP contribution >= 0.6 is 11.6 Å². The second kappa shape index (κ2) is 4.72. The zero-order valence-electron chi connectivity index (χ0n) is 10.2. The van der Waals surface area contributed by atoms with Gasteiger partial charge in [0.1, 0.15) is 0 Å². The summed E-state index contributed by atoms with van der Waals surface area (Å²) in [6.45, 7) is 2.50. The van der Waals surface area contributed by atoms with Gasteiger partial charge in [-0.05, 0) is 37.1 Å². The average molecular weight is 289 g/mol. The molecule has 1 saturated heterocycles. The molecule has 0 saturated carbocycles. The minimum Gasteiger partial charge on any atom is -0.399 e. The summed E-state index contributed by atoms with van der Waals surface area (Å²) in [5, 5.41) is 3.88. The van der Waals surface area contributed by atoms with E-state index in [1.165, 1.54) is 0 Å². The predicted molar refractivity (Wildman–Crippen MR) is 74.4 cm³/mol. The number of nitrogens with one attached hydrogen (secondary N) is 1. The van der Waals surface area contributed by atoms with Gasteiger partial charge in [-0.1, -0.05) is 11.6 Å². The van der Waals surface area contributed by atoms with E-state index in [0.29, 0.717) is 23.7 Å². The Labute approximate surface area is 112 Å². The number of benzene rings is 1. The van der Waals surface area contributed by atoms with Crippen LogP contribution in [-0.4, -0.2) is 25.5 Å². The summed E-state index contributed by atoms with van der Waals surface area (Å²) in [6, 6.07) is 5.36.